The number of rotatable bonds is 7. The summed E-state index contributed by atoms with van der Waals surface area (Å²) >= 11 is 0. The monoisotopic (exact) mass is 289 g/mol. The highest BCUT2D eigenvalue weighted by molar-refractivity contribution is 5.77. The molecule has 2 heterocycles. The summed E-state index contributed by atoms with van der Waals surface area (Å²) in [6, 6.07) is 3.52. The van der Waals surface area contributed by atoms with Gasteiger partial charge in [-0.25, -0.2) is 0 Å². The number of carbonyl (C=O) groups excluding carboxylic acids is 1. The number of aryl methyl sites for hydroxylation is 2. The van der Waals surface area contributed by atoms with E-state index in [1.165, 1.54) is 0 Å². The zero-order valence-electron chi connectivity index (χ0n) is 12.3. The second-order valence-electron chi connectivity index (χ2n) is 4.73. The molecular formula is C15H19N3O3. The van der Waals surface area contributed by atoms with Crippen molar-refractivity contribution >= 4 is 5.91 Å². The lowest BCUT2D eigenvalue weighted by molar-refractivity contribution is -0.123. The van der Waals surface area contributed by atoms with Crippen molar-refractivity contribution in [2.75, 3.05) is 13.2 Å². The predicted octanol–water partition coefficient (Wildman–Crippen LogP) is 1.81. The van der Waals surface area contributed by atoms with E-state index in [0.29, 0.717) is 12.3 Å². The molecule has 0 saturated heterocycles. The molecule has 0 aliphatic rings. The maximum absolute atomic E-state index is 11.6. The third kappa shape index (κ3) is 4.59. The molecular weight excluding hydrogens is 270 g/mol. The van der Waals surface area contributed by atoms with Crippen LogP contribution in [0.4, 0.5) is 0 Å². The number of pyridine rings is 1. The lowest BCUT2D eigenvalue weighted by Crippen LogP contribution is -2.29. The number of nitrogens with zero attached hydrogens (tertiary/aromatic N) is 2. The van der Waals surface area contributed by atoms with Crippen LogP contribution in [0, 0.1) is 13.8 Å². The lowest BCUT2D eigenvalue weighted by atomic mass is 10.1. The molecule has 0 saturated carbocycles. The van der Waals surface area contributed by atoms with Gasteiger partial charge in [0.15, 0.2) is 6.61 Å². The topological polar surface area (TPSA) is 77.2 Å². The van der Waals surface area contributed by atoms with Gasteiger partial charge in [-0.05, 0) is 38.8 Å². The van der Waals surface area contributed by atoms with Crippen LogP contribution in [0.3, 0.4) is 0 Å². The molecule has 21 heavy (non-hydrogen) atoms. The molecule has 0 radical (unpaired) electrons. The maximum atomic E-state index is 11.6. The molecule has 2 aromatic rings. The smallest absolute Gasteiger partial charge is 0.257 e. The molecule has 0 aliphatic heterocycles. The zero-order valence-corrected chi connectivity index (χ0v) is 12.3. The first-order valence-electron chi connectivity index (χ1n) is 6.88. The van der Waals surface area contributed by atoms with Crippen LogP contribution in [0.1, 0.15) is 23.4 Å². The van der Waals surface area contributed by atoms with Crippen molar-refractivity contribution in [1.29, 1.82) is 0 Å². The molecule has 6 nitrogen and oxygen atoms in total. The minimum absolute atomic E-state index is 0.00296. The summed E-state index contributed by atoms with van der Waals surface area (Å²) in [5.41, 5.74) is 2.04. The molecule has 1 amide bonds. The van der Waals surface area contributed by atoms with E-state index in [-0.39, 0.29) is 12.5 Å². The van der Waals surface area contributed by atoms with Gasteiger partial charge in [0.05, 0.1) is 11.9 Å². The van der Waals surface area contributed by atoms with Crippen LogP contribution in [-0.2, 0) is 11.2 Å². The van der Waals surface area contributed by atoms with E-state index in [1.807, 2.05) is 13.8 Å². The van der Waals surface area contributed by atoms with Crippen LogP contribution < -0.4 is 10.1 Å². The van der Waals surface area contributed by atoms with Gasteiger partial charge in [0.25, 0.3) is 5.91 Å². The Kier molecular flexibility index (Phi) is 5.31. The highest BCUT2D eigenvalue weighted by Crippen LogP contribution is 2.13. The van der Waals surface area contributed by atoms with E-state index >= 15 is 0 Å². The van der Waals surface area contributed by atoms with Crippen molar-refractivity contribution in [1.82, 2.24) is 15.5 Å². The van der Waals surface area contributed by atoms with E-state index in [0.717, 1.165) is 29.9 Å². The number of aromatic nitrogens is 2. The maximum Gasteiger partial charge on any atom is 0.257 e. The summed E-state index contributed by atoms with van der Waals surface area (Å²) in [6.07, 6.45) is 4.90. The van der Waals surface area contributed by atoms with E-state index in [9.17, 15) is 4.79 Å². The van der Waals surface area contributed by atoms with Crippen molar-refractivity contribution < 1.29 is 14.1 Å². The molecule has 1 N–H and O–H groups in total. The van der Waals surface area contributed by atoms with Crippen LogP contribution in [0.5, 0.6) is 5.75 Å². The minimum atomic E-state index is -0.141. The van der Waals surface area contributed by atoms with E-state index in [1.54, 1.807) is 24.5 Å². The van der Waals surface area contributed by atoms with Crippen molar-refractivity contribution in [3.05, 3.63) is 41.5 Å². The van der Waals surface area contributed by atoms with E-state index in [4.69, 9.17) is 9.26 Å². The summed E-state index contributed by atoms with van der Waals surface area (Å²) in [4.78, 5) is 15.5. The van der Waals surface area contributed by atoms with Gasteiger partial charge < -0.3 is 14.6 Å². The van der Waals surface area contributed by atoms with Crippen molar-refractivity contribution in [2.45, 2.75) is 26.7 Å². The average Bonchev–Trinajstić information content (AvgIpc) is 2.82. The van der Waals surface area contributed by atoms with E-state index in [2.05, 4.69) is 15.5 Å². The Labute approximate surface area is 123 Å². The van der Waals surface area contributed by atoms with Crippen molar-refractivity contribution in [3.63, 3.8) is 0 Å². The highest BCUT2D eigenvalue weighted by atomic mass is 16.5. The summed E-state index contributed by atoms with van der Waals surface area (Å²) < 4.78 is 10.4. The van der Waals surface area contributed by atoms with E-state index < -0.39 is 0 Å². The molecule has 0 spiro atoms. The van der Waals surface area contributed by atoms with Gasteiger partial charge in [-0.3, -0.25) is 9.78 Å². The summed E-state index contributed by atoms with van der Waals surface area (Å²) in [5, 5.41) is 6.72. The first kappa shape index (κ1) is 15.0. The fraction of sp³-hybridized carbons (Fsp3) is 0.400. The molecule has 2 aromatic heterocycles. The Bertz CT molecular complexity index is 562. The molecule has 2 rings (SSSR count). The summed E-state index contributed by atoms with van der Waals surface area (Å²) in [6.45, 7) is 4.41. The molecule has 0 bridgehead atoms. The molecule has 0 aromatic carbocycles. The Morgan fingerprint density at radius 1 is 1.43 bits per heavy atom. The number of carbonyl (C=O) groups is 1. The summed E-state index contributed by atoms with van der Waals surface area (Å²) in [5.74, 6) is 1.29. The van der Waals surface area contributed by atoms with Gasteiger partial charge in [-0.1, -0.05) is 5.16 Å². The molecule has 0 atom stereocenters. The summed E-state index contributed by atoms with van der Waals surface area (Å²) in [7, 11) is 0. The second-order valence-corrected chi connectivity index (χ2v) is 4.73. The number of ether oxygens (including phenoxy) is 1. The van der Waals surface area contributed by atoms with Crippen LogP contribution >= 0.6 is 0 Å². The second kappa shape index (κ2) is 7.42. The third-order valence-electron chi connectivity index (χ3n) is 3.11. The van der Waals surface area contributed by atoms with Crippen LogP contribution in [-0.4, -0.2) is 29.2 Å². The number of nitrogens with one attached hydrogen (secondary N) is 1. The molecule has 0 fully saturated rings. The van der Waals surface area contributed by atoms with Gasteiger partial charge in [0.1, 0.15) is 11.5 Å². The first-order valence-corrected chi connectivity index (χ1v) is 6.88. The largest absolute Gasteiger partial charge is 0.482 e. The van der Waals surface area contributed by atoms with Crippen molar-refractivity contribution in [3.8, 4) is 5.75 Å². The van der Waals surface area contributed by atoms with Crippen molar-refractivity contribution in [2.24, 2.45) is 0 Å². The van der Waals surface area contributed by atoms with Gasteiger partial charge in [0.2, 0.25) is 0 Å². The fourth-order valence-corrected chi connectivity index (χ4v) is 1.98. The Hall–Kier alpha value is -2.37. The van der Waals surface area contributed by atoms with Gasteiger partial charge >= 0.3 is 0 Å². The molecule has 0 unspecified atom stereocenters. The van der Waals surface area contributed by atoms with Gasteiger partial charge in [-0.2, -0.15) is 0 Å². The number of hydrogen-bond donors (Lipinski definition) is 1. The molecule has 0 aliphatic carbocycles. The first-order chi connectivity index (χ1) is 10.2. The number of hydrogen-bond acceptors (Lipinski definition) is 5. The Morgan fingerprint density at radius 2 is 2.29 bits per heavy atom. The lowest BCUT2D eigenvalue weighted by Gasteiger charge is -2.07. The normalized spacial score (nSPS) is 10.4. The van der Waals surface area contributed by atoms with Crippen LogP contribution in [0.15, 0.2) is 29.0 Å². The quantitative estimate of drug-likeness (QED) is 0.787. The Morgan fingerprint density at radius 3 is 2.95 bits per heavy atom. The SMILES string of the molecule is Cc1noc(C)c1CCCNC(=O)COc1cccnc1. The average molecular weight is 289 g/mol. The highest BCUT2D eigenvalue weighted by Gasteiger charge is 2.08. The fourth-order valence-electron chi connectivity index (χ4n) is 1.98. The van der Waals surface area contributed by atoms with Crippen LogP contribution in [0.2, 0.25) is 0 Å². The molecule has 112 valence electrons. The van der Waals surface area contributed by atoms with Crippen LogP contribution in [0.25, 0.3) is 0 Å². The van der Waals surface area contributed by atoms with Gasteiger partial charge in [-0.15, -0.1) is 0 Å². The minimum Gasteiger partial charge on any atom is -0.482 e. The van der Waals surface area contributed by atoms with Gasteiger partial charge in [0, 0.05) is 18.3 Å². The zero-order chi connectivity index (χ0) is 15.1. The standard InChI is InChI=1S/C15H19N3O3/c1-11-14(12(2)21-18-11)6-4-8-17-15(19)10-20-13-5-3-7-16-9-13/h3,5,7,9H,4,6,8,10H2,1-2H3,(H,17,19). The molecule has 6 heteroatoms. The predicted molar refractivity (Wildman–Crippen MR) is 77.0 cm³/mol. The Balaban J connectivity index is 1.63. The number of amides is 1. The third-order valence-corrected chi connectivity index (χ3v) is 3.11.